The zero-order valence-electron chi connectivity index (χ0n) is 12.3. The smallest absolute Gasteiger partial charge is 0.314 e. The second-order valence-corrected chi connectivity index (χ2v) is 6.24. The minimum absolute atomic E-state index is 0.595. The zero-order chi connectivity index (χ0) is 16.2. The van der Waals surface area contributed by atoms with Crippen LogP contribution in [-0.4, -0.2) is 16.2 Å². The first-order valence-electron chi connectivity index (χ1n) is 7.26. The van der Waals surface area contributed by atoms with E-state index in [1.807, 2.05) is 47.8 Å². The van der Waals surface area contributed by atoms with Gasteiger partial charge in [0.1, 0.15) is 12.0 Å². The number of hydrogen-bond donors (Lipinski definition) is 2. The molecule has 0 fully saturated rings. The second kappa shape index (κ2) is 6.77. The molecule has 0 unspecified atom stereocenters. The van der Waals surface area contributed by atoms with Crippen LogP contribution in [-0.2, 0) is 4.79 Å². The van der Waals surface area contributed by atoms with Gasteiger partial charge in [-0.1, -0.05) is 60.7 Å². The Morgan fingerprint density at radius 2 is 1.52 bits per heavy atom. The van der Waals surface area contributed by atoms with Crippen molar-refractivity contribution in [2.45, 2.75) is 12.0 Å². The van der Waals surface area contributed by atoms with Gasteiger partial charge in [0.25, 0.3) is 0 Å². The lowest BCUT2D eigenvalue weighted by Gasteiger charge is -2.19. The Bertz CT molecular complexity index is 764. The third kappa shape index (κ3) is 3.33. The third-order valence-corrected chi connectivity index (χ3v) is 4.74. The van der Waals surface area contributed by atoms with Crippen LogP contribution in [0.3, 0.4) is 0 Å². The van der Waals surface area contributed by atoms with Crippen molar-refractivity contribution in [3.8, 4) is 11.1 Å². The fourth-order valence-corrected chi connectivity index (χ4v) is 3.34. The van der Waals surface area contributed by atoms with E-state index in [1.165, 1.54) is 11.3 Å². The monoisotopic (exact) mass is 324 g/mol. The van der Waals surface area contributed by atoms with E-state index in [9.17, 15) is 15.0 Å². The van der Waals surface area contributed by atoms with Crippen molar-refractivity contribution in [1.29, 1.82) is 0 Å². The summed E-state index contributed by atoms with van der Waals surface area (Å²) in [6.07, 6.45) is -1.05. The predicted molar refractivity (Wildman–Crippen MR) is 91.5 cm³/mol. The minimum Gasteiger partial charge on any atom is -0.481 e. The lowest BCUT2D eigenvalue weighted by Crippen LogP contribution is -2.19. The van der Waals surface area contributed by atoms with Gasteiger partial charge in [0.2, 0.25) is 0 Å². The zero-order valence-corrected chi connectivity index (χ0v) is 13.1. The van der Waals surface area contributed by atoms with Crippen molar-refractivity contribution in [3.05, 3.63) is 82.6 Å². The van der Waals surface area contributed by atoms with E-state index >= 15 is 0 Å². The number of benzene rings is 2. The van der Waals surface area contributed by atoms with Gasteiger partial charge in [0, 0.05) is 4.88 Å². The third-order valence-electron chi connectivity index (χ3n) is 3.79. The first-order chi connectivity index (χ1) is 11.2. The number of hydrogen-bond acceptors (Lipinski definition) is 3. The van der Waals surface area contributed by atoms with E-state index in [1.54, 1.807) is 24.3 Å². The SMILES string of the molecule is O=C(O)[C@H](c1ccc(-c2ccccc2)cc1)[C@H](O)c1cccs1. The molecule has 0 aliphatic rings. The van der Waals surface area contributed by atoms with Gasteiger partial charge in [-0.05, 0) is 28.1 Å². The maximum atomic E-state index is 11.6. The summed E-state index contributed by atoms with van der Waals surface area (Å²) in [6, 6.07) is 20.8. The van der Waals surface area contributed by atoms with E-state index in [0.29, 0.717) is 10.4 Å². The molecule has 1 heterocycles. The molecule has 0 spiro atoms. The van der Waals surface area contributed by atoms with Gasteiger partial charge in [-0.3, -0.25) is 4.79 Å². The van der Waals surface area contributed by atoms with Crippen LogP contribution >= 0.6 is 11.3 Å². The molecule has 0 bridgehead atoms. The van der Waals surface area contributed by atoms with Crippen molar-refractivity contribution in [2.75, 3.05) is 0 Å². The molecular formula is C19H16O3S. The van der Waals surface area contributed by atoms with Crippen molar-refractivity contribution >= 4 is 17.3 Å². The van der Waals surface area contributed by atoms with Crippen molar-refractivity contribution in [2.24, 2.45) is 0 Å². The quantitative estimate of drug-likeness (QED) is 0.735. The molecule has 0 aliphatic heterocycles. The number of aliphatic hydroxyl groups is 1. The molecule has 2 N–H and O–H groups in total. The van der Waals surface area contributed by atoms with E-state index in [0.717, 1.165) is 11.1 Å². The second-order valence-electron chi connectivity index (χ2n) is 5.26. The molecule has 0 saturated heterocycles. The molecule has 0 saturated carbocycles. The number of carboxylic acids is 1. The van der Waals surface area contributed by atoms with Gasteiger partial charge in [0.05, 0.1) is 0 Å². The fourth-order valence-electron chi connectivity index (χ4n) is 2.60. The van der Waals surface area contributed by atoms with Crippen LogP contribution < -0.4 is 0 Å². The summed E-state index contributed by atoms with van der Waals surface area (Å²) in [5, 5.41) is 21.8. The van der Waals surface area contributed by atoms with Crippen LogP contribution in [0.4, 0.5) is 0 Å². The Hall–Kier alpha value is -2.43. The number of carbonyl (C=O) groups is 1. The van der Waals surface area contributed by atoms with Gasteiger partial charge in [0.15, 0.2) is 0 Å². The lowest BCUT2D eigenvalue weighted by molar-refractivity contribution is -0.141. The fraction of sp³-hybridized carbons (Fsp3) is 0.105. The molecule has 4 heteroatoms. The van der Waals surface area contributed by atoms with E-state index in [4.69, 9.17) is 0 Å². The summed E-state index contributed by atoms with van der Waals surface area (Å²) in [5.74, 6) is -2.00. The first kappa shape index (κ1) is 15.5. The van der Waals surface area contributed by atoms with Gasteiger partial charge in [-0.15, -0.1) is 11.3 Å². The van der Waals surface area contributed by atoms with E-state index in [2.05, 4.69) is 0 Å². The van der Waals surface area contributed by atoms with Crippen LogP contribution in [0.2, 0.25) is 0 Å². The Labute approximate surface area is 138 Å². The maximum absolute atomic E-state index is 11.6. The molecule has 3 aromatic rings. The van der Waals surface area contributed by atoms with Crippen LogP contribution in [0.5, 0.6) is 0 Å². The molecule has 0 aliphatic carbocycles. The summed E-state index contributed by atoms with van der Waals surface area (Å²) in [6.45, 7) is 0. The normalized spacial score (nSPS) is 13.4. The van der Waals surface area contributed by atoms with Gasteiger partial charge in [-0.2, -0.15) is 0 Å². The average molecular weight is 324 g/mol. The molecule has 116 valence electrons. The minimum atomic E-state index is -1.05. The molecule has 1 aromatic heterocycles. The van der Waals surface area contributed by atoms with E-state index in [-0.39, 0.29) is 0 Å². The van der Waals surface area contributed by atoms with Crippen molar-refractivity contribution in [3.63, 3.8) is 0 Å². The molecular weight excluding hydrogens is 308 g/mol. The molecule has 2 aromatic carbocycles. The number of aliphatic carboxylic acids is 1. The Morgan fingerprint density at radius 1 is 0.870 bits per heavy atom. The lowest BCUT2D eigenvalue weighted by atomic mass is 9.91. The highest BCUT2D eigenvalue weighted by Gasteiger charge is 2.30. The van der Waals surface area contributed by atoms with Gasteiger partial charge in [-0.25, -0.2) is 0 Å². The van der Waals surface area contributed by atoms with Crippen LogP contribution in [0.15, 0.2) is 72.1 Å². The number of thiophene rings is 1. The standard InChI is InChI=1S/C19H16O3S/c20-18(16-7-4-12-23-16)17(19(21)22)15-10-8-14(9-11-15)13-5-2-1-3-6-13/h1-12,17-18,20H,(H,21,22)/t17-,18-/m1/s1. The first-order valence-corrected chi connectivity index (χ1v) is 8.14. The molecule has 23 heavy (non-hydrogen) atoms. The number of carboxylic acid groups (broad SMARTS) is 1. The van der Waals surface area contributed by atoms with Crippen molar-refractivity contribution in [1.82, 2.24) is 0 Å². The molecule has 3 nitrogen and oxygen atoms in total. The molecule has 2 atom stereocenters. The van der Waals surface area contributed by atoms with Crippen LogP contribution in [0, 0.1) is 0 Å². The van der Waals surface area contributed by atoms with Crippen molar-refractivity contribution < 1.29 is 15.0 Å². The Balaban J connectivity index is 1.91. The topological polar surface area (TPSA) is 57.5 Å². The summed E-state index contributed by atoms with van der Waals surface area (Å²) in [4.78, 5) is 12.3. The van der Waals surface area contributed by atoms with Gasteiger partial charge >= 0.3 is 5.97 Å². The maximum Gasteiger partial charge on any atom is 0.314 e. The summed E-state index contributed by atoms with van der Waals surface area (Å²) in [7, 11) is 0. The highest BCUT2D eigenvalue weighted by atomic mass is 32.1. The van der Waals surface area contributed by atoms with E-state index < -0.39 is 18.0 Å². The number of rotatable bonds is 5. The van der Waals surface area contributed by atoms with Gasteiger partial charge < -0.3 is 10.2 Å². The highest BCUT2D eigenvalue weighted by Crippen LogP contribution is 2.34. The molecule has 3 rings (SSSR count). The molecule has 0 radical (unpaired) electrons. The largest absolute Gasteiger partial charge is 0.481 e. The Morgan fingerprint density at radius 3 is 2.09 bits per heavy atom. The molecule has 0 amide bonds. The Kier molecular flexibility index (Phi) is 4.55. The summed E-state index contributed by atoms with van der Waals surface area (Å²) in [5.41, 5.74) is 2.69. The average Bonchev–Trinajstić information content (AvgIpc) is 3.11. The van der Waals surface area contributed by atoms with Crippen LogP contribution in [0.25, 0.3) is 11.1 Å². The summed E-state index contributed by atoms with van der Waals surface area (Å²) < 4.78 is 0. The summed E-state index contributed by atoms with van der Waals surface area (Å²) >= 11 is 1.36. The van der Waals surface area contributed by atoms with Crippen LogP contribution in [0.1, 0.15) is 22.5 Å². The highest BCUT2D eigenvalue weighted by molar-refractivity contribution is 7.10. The predicted octanol–water partition coefficient (Wildman–Crippen LogP) is 4.32. The number of aliphatic hydroxyl groups excluding tert-OH is 1.